The SMILES string of the molecule is CSc1ccc(C(=O)N2CCC(C(=O)O)CC2)cc1[N+](=O)[O-]. The molecular formula is C14H16N2O5S. The number of hydrogen-bond donors (Lipinski definition) is 1. The summed E-state index contributed by atoms with van der Waals surface area (Å²) < 4.78 is 0. The highest BCUT2D eigenvalue weighted by Crippen LogP contribution is 2.29. The van der Waals surface area contributed by atoms with E-state index in [1.165, 1.54) is 17.8 Å². The third-order valence-electron chi connectivity index (χ3n) is 3.75. The maximum Gasteiger partial charge on any atom is 0.306 e. The van der Waals surface area contributed by atoms with E-state index in [1.807, 2.05) is 0 Å². The number of likely N-dealkylation sites (tertiary alicyclic amines) is 1. The Labute approximate surface area is 131 Å². The molecule has 2 rings (SSSR count). The third kappa shape index (κ3) is 3.38. The van der Waals surface area contributed by atoms with Crippen molar-refractivity contribution < 1.29 is 19.6 Å². The molecule has 1 heterocycles. The Morgan fingerprint density at radius 3 is 2.50 bits per heavy atom. The summed E-state index contributed by atoms with van der Waals surface area (Å²) in [6, 6.07) is 4.43. The monoisotopic (exact) mass is 324 g/mol. The smallest absolute Gasteiger partial charge is 0.306 e. The van der Waals surface area contributed by atoms with Crippen LogP contribution in [-0.4, -0.2) is 46.2 Å². The van der Waals surface area contributed by atoms with E-state index < -0.39 is 16.8 Å². The van der Waals surface area contributed by atoms with Crippen LogP contribution < -0.4 is 0 Å². The molecule has 0 aliphatic carbocycles. The van der Waals surface area contributed by atoms with Crippen LogP contribution in [0.15, 0.2) is 23.1 Å². The second kappa shape index (κ2) is 6.78. The molecular weight excluding hydrogens is 308 g/mol. The first-order valence-electron chi connectivity index (χ1n) is 6.78. The Morgan fingerprint density at radius 1 is 1.36 bits per heavy atom. The number of carboxylic acid groups (broad SMARTS) is 1. The van der Waals surface area contributed by atoms with Crippen LogP contribution in [0.1, 0.15) is 23.2 Å². The molecule has 1 aliphatic rings. The van der Waals surface area contributed by atoms with Gasteiger partial charge in [0.25, 0.3) is 11.6 Å². The molecule has 8 heteroatoms. The molecule has 1 amide bonds. The van der Waals surface area contributed by atoms with Gasteiger partial charge in [-0.1, -0.05) is 0 Å². The fourth-order valence-electron chi connectivity index (χ4n) is 2.48. The normalized spacial score (nSPS) is 15.6. The molecule has 1 aromatic rings. The number of carbonyl (C=O) groups is 2. The molecule has 0 atom stereocenters. The van der Waals surface area contributed by atoms with Gasteiger partial charge in [0, 0.05) is 24.7 Å². The zero-order chi connectivity index (χ0) is 16.3. The largest absolute Gasteiger partial charge is 0.481 e. The zero-order valence-electron chi connectivity index (χ0n) is 12.0. The quantitative estimate of drug-likeness (QED) is 0.518. The molecule has 0 aromatic heterocycles. The number of piperidine rings is 1. The van der Waals surface area contributed by atoms with Crippen molar-refractivity contribution in [1.82, 2.24) is 4.90 Å². The fourth-order valence-corrected chi connectivity index (χ4v) is 3.02. The van der Waals surface area contributed by atoms with Crippen LogP contribution in [0.3, 0.4) is 0 Å². The first-order chi connectivity index (χ1) is 10.4. The molecule has 7 nitrogen and oxygen atoms in total. The lowest BCUT2D eigenvalue weighted by Gasteiger charge is -2.30. The van der Waals surface area contributed by atoms with Gasteiger partial charge in [-0.15, -0.1) is 11.8 Å². The number of rotatable bonds is 4. The zero-order valence-corrected chi connectivity index (χ0v) is 12.8. The summed E-state index contributed by atoms with van der Waals surface area (Å²) in [5, 5.41) is 20.0. The van der Waals surface area contributed by atoms with Crippen molar-refractivity contribution in [2.24, 2.45) is 5.92 Å². The number of benzene rings is 1. The maximum absolute atomic E-state index is 12.4. The Balaban J connectivity index is 2.15. The summed E-state index contributed by atoms with van der Waals surface area (Å²) >= 11 is 1.25. The lowest BCUT2D eigenvalue weighted by molar-refractivity contribution is -0.387. The maximum atomic E-state index is 12.4. The van der Waals surface area contributed by atoms with E-state index in [9.17, 15) is 19.7 Å². The summed E-state index contributed by atoms with van der Waals surface area (Å²) in [5.74, 6) is -1.55. The highest BCUT2D eigenvalue weighted by molar-refractivity contribution is 7.98. The predicted octanol–water partition coefficient (Wildman–Crippen LogP) is 2.25. The number of nitrogens with zero attached hydrogens (tertiary/aromatic N) is 2. The predicted molar refractivity (Wildman–Crippen MR) is 81.1 cm³/mol. The van der Waals surface area contributed by atoms with Gasteiger partial charge in [0.1, 0.15) is 0 Å². The van der Waals surface area contributed by atoms with Crippen LogP contribution in [0.2, 0.25) is 0 Å². The topological polar surface area (TPSA) is 101 Å². The summed E-state index contributed by atoms with van der Waals surface area (Å²) in [6.07, 6.45) is 2.55. The molecule has 1 fully saturated rings. The number of nitro groups is 1. The summed E-state index contributed by atoms with van der Waals surface area (Å²) in [7, 11) is 0. The van der Waals surface area contributed by atoms with Gasteiger partial charge < -0.3 is 10.0 Å². The molecule has 1 aliphatic heterocycles. The van der Waals surface area contributed by atoms with E-state index in [0.717, 1.165) is 0 Å². The van der Waals surface area contributed by atoms with E-state index in [4.69, 9.17) is 5.11 Å². The van der Waals surface area contributed by atoms with E-state index in [0.29, 0.717) is 30.8 Å². The molecule has 1 saturated heterocycles. The van der Waals surface area contributed by atoms with Crippen LogP contribution >= 0.6 is 11.8 Å². The third-order valence-corrected chi connectivity index (χ3v) is 4.54. The summed E-state index contributed by atoms with van der Waals surface area (Å²) in [5.41, 5.74) is 0.178. The van der Waals surface area contributed by atoms with Crippen molar-refractivity contribution >= 4 is 29.3 Å². The van der Waals surface area contributed by atoms with E-state index in [2.05, 4.69) is 0 Å². The van der Waals surface area contributed by atoms with Gasteiger partial charge in [0.2, 0.25) is 0 Å². The first kappa shape index (κ1) is 16.3. The van der Waals surface area contributed by atoms with E-state index in [-0.39, 0.29) is 17.2 Å². The first-order valence-corrected chi connectivity index (χ1v) is 8.01. The molecule has 0 radical (unpaired) electrons. The molecule has 0 saturated carbocycles. The van der Waals surface area contributed by atoms with Crippen LogP contribution in [0.5, 0.6) is 0 Å². The number of thioether (sulfide) groups is 1. The Hall–Kier alpha value is -2.09. The number of amides is 1. The van der Waals surface area contributed by atoms with Crippen LogP contribution in [0, 0.1) is 16.0 Å². The molecule has 1 aromatic carbocycles. The lowest BCUT2D eigenvalue weighted by atomic mass is 9.96. The highest BCUT2D eigenvalue weighted by Gasteiger charge is 2.28. The number of aliphatic carboxylic acids is 1. The van der Waals surface area contributed by atoms with E-state index >= 15 is 0 Å². The van der Waals surface area contributed by atoms with Crippen LogP contribution in [0.25, 0.3) is 0 Å². The van der Waals surface area contributed by atoms with Crippen molar-refractivity contribution in [2.75, 3.05) is 19.3 Å². The minimum atomic E-state index is -0.841. The average molecular weight is 324 g/mol. The number of nitro benzene ring substituents is 1. The van der Waals surface area contributed by atoms with Crippen molar-refractivity contribution in [1.29, 1.82) is 0 Å². The van der Waals surface area contributed by atoms with Gasteiger partial charge in [0.05, 0.1) is 15.7 Å². The fraction of sp³-hybridized carbons (Fsp3) is 0.429. The van der Waals surface area contributed by atoms with E-state index in [1.54, 1.807) is 23.3 Å². The van der Waals surface area contributed by atoms with Gasteiger partial charge in [-0.25, -0.2) is 0 Å². The second-order valence-corrected chi connectivity index (χ2v) is 5.90. The Bertz CT molecular complexity index is 611. The van der Waals surface area contributed by atoms with Gasteiger partial charge in [-0.3, -0.25) is 19.7 Å². The van der Waals surface area contributed by atoms with Crippen molar-refractivity contribution in [3.63, 3.8) is 0 Å². The Kier molecular flexibility index (Phi) is 5.02. The van der Waals surface area contributed by atoms with Crippen LogP contribution in [0.4, 0.5) is 5.69 Å². The lowest BCUT2D eigenvalue weighted by Crippen LogP contribution is -2.40. The number of hydrogen-bond acceptors (Lipinski definition) is 5. The second-order valence-electron chi connectivity index (χ2n) is 5.05. The molecule has 0 unspecified atom stereocenters. The molecule has 0 spiro atoms. The van der Waals surface area contributed by atoms with Crippen LogP contribution in [-0.2, 0) is 4.79 Å². The van der Waals surface area contributed by atoms with Crippen molar-refractivity contribution in [3.8, 4) is 0 Å². The molecule has 1 N–H and O–H groups in total. The van der Waals surface area contributed by atoms with Crippen molar-refractivity contribution in [3.05, 3.63) is 33.9 Å². The Morgan fingerprint density at radius 2 is 2.00 bits per heavy atom. The minimum Gasteiger partial charge on any atom is -0.481 e. The molecule has 118 valence electrons. The molecule has 0 bridgehead atoms. The summed E-state index contributed by atoms with van der Waals surface area (Å²) in [4.78, 5) is 35.9. The standard InChI is InChI=1S/C14H16N2O5S/c1-22-12-3-2-10(8-11(12)16(20)21)13(17)15-6-4-9(5-7-15)14(18)19/h2-3,8-9H,4-7H2,1H3,(H,18,19). The minimum absolute atomic E-state index is 0.0845. The van der Waals surface area contributed by atoms with Crippen molar-refractivity contribution in [2.45, 2.75) is 17.7 Å². The van der Waals surface area contributed by atoms with Gasteiger partial charge in [-0.05, 0) is 31.2 Å². The number of carbonyl (C=O) groups excluding carboxylic acids is 1. The average Bonchev–Trinajstić information content (AvgIpc) is 2.53. The highest BCUT2D eigenvalue weighted by atomic mass is 32.2. The van der Waals surface area contributed by atoms with Gasteiger partial charge in [0.15, 0.2) is 0 Å². The molecule has 22 heavy (non-hydrogen) atoms. The number of carboxylic acids is 1. The van der Waals surface area contributed by atoms with Gasteiger partial charge in [-0.2, -0.15) is 0 Å². The van der Waals surface area contributed by atoms with Gasteiger partial charge >= 0.3 is 5.97 Å². The summed E-state index contributed by atoms with van der Waals surface area (Å²) in [6.45, 7) is 0.710.